The number of hydrogen-bond donors (Lipinski definition) is 0. The van der Waals surface area contributed by atoms with Gasteiger partial charge in [0, 0.05) is 12.1 Å². The molecule has 0 N–H and O–H groups in total. The molecule has 0 aromatic heterocycles. The summed E-state index contributed by atoms with van der Waals surface area (Å²) in [6, 6.07) is 4.08. The van der Waals surface area contributed by atoms with Crippen molar-refractivity contribution in [3.8, 4) is 0 Å². The van der Waals surface area contributed by atoms with Gasteiger partial charge in [0.25, 0.3) is 5.91 Å². The van der Waals surface area contributed by atoms with Crippen LogP contribution in [0.3, 0.4) is 0 Å². The maximum Gasteiger partial charge on any atom is 0.325 e. The van der Waals surface area contributed by atoms with Crippen LogP contribution < -0.4 is 0 Å². The Kier molecular flexibility index (Phi) is 5.27. The van der Waals surface area contributed by atoms with Gasteiger partial charge in [-0.15, -0.1) is 0 Å². The number of carbonyl (C=O) groups is 2. The van der Waals surface area contributed by atoms with Gasteiger partial charge in [-0.3, -0.25) is 9.59 Å². The third-order valence-corrected chi connectivity index (χ3v) is 3.03. The molecule has 0 saturated heterocycles. The summed E-state index contributed by atoms with van der Waals surface area (Å²) in [5, 5.41) is 0. The minimum Gasteiger partial charge on any atom is -0.468 e. The second-order valence-electron chi connectivity index (χ2n) is 3.52. The topological polar surface area (TPSA) is 46.6 Å². The van der Waals surface area contributed by atoms with E-state index in [9.17, 15) is 14.0 Å². The average Bonchev–Trinajstić information content (AvgIpc) is 2.38. The molecule has 0 atom stereocenters. The molecule has 0 aliphatic rings. The molecule has 0 bridgehead atoms. The number of rotatable bonds is 4. The van der Waals surface area contributed by atoms with Crippen LogP contribution in [0.15, 0.2) is 22.7 Å². The molecule has 0 fully saturated rings. The Morgan fingerprint density at radius 3 is 2.61 bits per heavy atom. The molecule has 1 aromatic rings. The van der Waals surface area contributed by atoms with Gasteiger partial charge in [0.1, 0.15) is 12.4 Å². The maximum absolute atomic E-state index is 13.3. The van der Waals surface area contributed by atoms with Crippen LogP contribution in [0.1, 0.15) is 17.3 Å². The highest BCUT2D eigenvalue weighted by Gasteiger charge is 2.18. The molecular formula is C12H13BrFNO3. The van der Waals surface area contributed by atoms with Crippen molar-refractivity contribution in [2.75, 3.05) is 20.2 Å². The second-order valence-corrected chi connectivity index (χ2v) is 4.38. The Hall–Kier alpha value is -1.43. The normalized spacial score (nSPS) is 10.0. The fourth-order valence-corrected chi connectivity index (χ4v) is 1.61. The van der Waals surface area contributed by atoms with Crippen LogP contribution in [0.25, 0.3) is 0 Å². The fraction of sp³-hybridized carbons (Fsp3) is 0.333. The van der Waals surface area contributed by atoms with Crippen LogP contribution in [0, 0.1) is 5.82 Å². The SMILES string of the molecule is CCN(CC(=O)OC)C(=O)c1ccc(Br)c(F)c1. The zero-order valence-corrected chi connectivity index (χ0v) is 11.7. The standard InChI is InChI=1S/C12H13BrFNO3/c1-3-15(7-11(16)18-2)12(17)8-4-5-9(13)10(14)6-8/h4-6H,3,7H2,1-2H3. The Labute approximate surface area is 113 Å². The van der Waals surface area contributed by atoms with Crippen LogP contribution in [0.4, 0.5) is 4.39 Å². The predicted octanol–water partition coefficient (Wildman–Crippen LogP) is 2.22. The van der Waals surface area contributed by atoms with E-state index in [4.69, 9.17) is 0 Å². The molecule has 0 spiro atoms. The third kappa shape index (κ3) is 3.53. The number of amides is 1. The van der Waals surface area contributed by atoms with Crippen molar-refractivity contribution in [1.82, 2.24) is 4.90 Å². The highest BCUT2D eigenvalue weighted by molar-refractivity contribution is 9.10. The molecule has 0 heterocycles. The summed E-state index contributed by atoms with van der Waals surface area (Å²) in [4.78, 5) is 24.5. The number of ether oxygens (including phenoxy) is 1. The van der Waals surface area contributed by atoms with E-state index in [2.05, 4.69) is 20.7 Å². The first-order valence-corrected chi connectivity index (χ1v) is 6.10. The van der Waals surface area contributed by atoms with Crippen LogP contribution in [-0.4, -0.2) is 37.0 Å². The molecular weight excluding hydrogens is 305 g/mol. The van der Waals surface area contributed by atoms with Crippen LogP contribution >= 0.6 is 15.9 Å². The van der Waals surface area contributed by atoms with Crippen molar-refractivity contribution in [2.45, 2.75) is 6.92 Å². The summed E-state index contributed by atoms with van der Waals surface area (Å²) in [6.07, 6.45) is 0. The van der Waals surface area contributed by atoms with Gasteiger partial charge in [0.15, 0.2) is 0 Å². The molecule has 1 amide bonds. The van der Waals surface area contributed by atoms with Crippen LogP contribution in [0.5, 0.6) is 0 Å². The molecule has 1 aromatic carbocycles. The Balaban J connectivity index is 2.89. The van der Waals surface area contributed by atoms with Gasteiger partial charge in [-0.25, -0.2) is 4.39 Å². The number of hydrogen-bond acceptors (Lipinski definition) is 3. The van der Waals surface area contributed by atoms with E-state index in [0.29, 0.717) is 6.54 Å². The summed E-state index contributed by atoms with van der Waals surface area (Å²) < 4.78 is 18.1. The Morgan fingerprint density at radius 2 is 2.11 bits per heavy atom. The molecule has 18 heavy (non-hydrogen) atoms. The summed E-state index contributed by atoms with van der Waals surface area (Å²) in [5.74, 6) is -1.44. The van der Waals surface area contributed by atoms with Gasteiger partial charge in [-0.05, 0) is 41.1 Å². The van der Waals surface area contributed by atoms with E-state index in [-0.39, 0.29) is 16.6 Å². The van der Waals surface area contributed by atoms with Crippen molar-refractivity contribution in [1.29, 1.82) is 0 Å². The smallest absolute Gasteiger partial charge is 0.325 e. The predicted molar refractivity (Wildman–Crippen MR) is 67.7 cm³/mol. The van der Waals surface area contributed by atoms with Gasteiger partial charge in [-0.2, -0.15) is 0 Å². The van der Waals surface area contributed by atoms with E-state index >= 15 is 0 Å². The van der Waals surface area contributed by atoms with Crippen LogP contribution in [0.2, 0.25) is 0 Å². The number of carbonyl (C=O) groups excluding carboxylic acids is 2. The molecule has 0 unspecified atom stereocenters. The summed E-state index contributed by atoms with van der Waals surface area (Å²) in [5.41, 5.74) is 0.196. The Morgan fingerprint density at radius 1 is 1.44 bits per heavy atom. The molecule has 0 radical (unpaired) electrons. The quantitative estimate of drug-likeness (QED) is 0.800. The molecule has 0 aliphatic heterocycles. The first-order chi connectivity index (χ1) is 8.49. The molecule has 4 nitrogen and oxygen atoms in total. The molecule has 0 saturated carbocycles. The largest absolute Gasteiger partial charge is 0.468 e. The van der Waals surface area contributed by atoms with E-state index in [1.54, 1.807) is 6.92 Å². The van der Waals surface area contributed by atoms with Gasteiger partial charge >= 0.3 is 5.97 Å². The number of likely N-dealkylation sites (N-methyl/N-ethyl adjacent to an activating group) is 1. The third-order valence-electron chi connectivity index (χ3n) is 2.38. The fourth-order valence-electron chi connectivity index (χ4n) is 1.36. The van der Waals surface area contributed by atoms with Crippen molar-refractivity contribution in [3.05, 3.63) is 34.1 Å². The molecule has 98 valence electrons. The van der Waals surface area contributed by atoms with Gasteiger partial charge in [-0.1, -0.05) is 0 Å². The zero-order valence-electron chi connectivity index (χ0n) is 10.1. The second kappa shape index (κ2) is 6.49. The van der Waals surface area contributed by atoms with Gasteiger partial charge in [0.2, 0.25) is 0 Å². The van der Waals surface area contributed by atoms with Crippen molar-refractivity contribution >= 4 is 27.8 Å². The van der Waals surface area contributed by atoms with Gasteiger partial charge in [0.05, 0.1) is 11.6 Å². The van der Waals surface area contributed by atoms with E-state index in [1.165, 1.54) is 24.1 Å². The summed E-state index contributed by atoms with van der Waals surface area (Å²) in [7, 11) is 1.25. The first kappa shape index (κ1) is 14.6. The first-order valence-electron chi connectivity index (χ1n) is 5.30. The van der Waals surface area contributed by atoms with Crippen LogP contribution in [-0.2, 0) is 9.53 Å². The highest BCUT2D eigenvalue weighted by Crippen LogP contribution is 2.17. The van der Waals surface area contributed by atoms with E-state index < -0.39 is 17.7 Å². The van der Waals surface area contributed by atoms with Gasteiger partial charge < -0.3 is 9.64 Å². The lowest BCUT2D eigenvalue weighted by atomic mass is 10.2. The minimum absolute atomic E-state index is 0.149. The average molecular weight is 318 g/mol. The number of nitrogens with zero attached hydrogens (tertiary/aromatic N) is 1. The summed E-state index contributed by atoms with van der Waals surface area (Å²) >= 11 is 3.01. The molecule has 6 heteroatoms. The van der Waals surface area contributed by atoms with Crippen molar-refractivity contribution in [2.24, 2.45) is 0 Å². The lowest BCUT2D eigenvalue weighted by molar-refractivity contribution is -0.141. The van der Waals surface area contributed by atoms with Crippen molar-refractivity contribution in [3.63, 3.8) is 0 Å². The summed E-state index contributed by atoms with van der Waals surface area (Å²) in [6.45, 7) is 1.92. The van der Waals surface area contributed by atoms with E-state index in [1.807, 2.05) is 0 Å². The lowest BCUT2D eigenvalue weighted by Crippen LogP contribution is -2.36. The van der Waals surface area contributed by atoms with E-state index in [0.717, 1.165) is 6.07 Å². The van der Waals surface area contributed by atoms with Crippen molar-refractivity contribution < 1.29 is 18.7 Å². The molecule has 0 aliphatic carbocycles. The highest BCUT2D eigenvalue weighted by atomic mass is 79.9. The monoisotopic (exact) mass is 317 g/mol. The molecule has 1 rings (SSSR count). The number of benzene rings is 1. The Bertz CT molecular complexity index is 465. The minimum atomic E-state index is -0.519. The number of halogens is 2. The number of esters is 1. The number of methoxy groups -OCH3 is 1. The lowest BCUT2D eigenvalue weighted by Gasteiger charge is -2.19. The zero-order chi connectivity index (χ0) is 13.7. The maximum atomic E-state index is 13.3.